The second kappa shape index (κ2) is 4.32. The Morgan fingerprint density at radius 1 is 1.05 bits per heavy atom. The van der Waals surface area contributed by atoms with Crippen LogP contribution in [-0.4, -0.2) is 48.6 Å². The van der Waals surface area contributed by atoms with Gasteiger partial charge in [-0.25, -0.2) is 0 Å². The molecule has 0 saturated carbocycles. The summed E-state index contributed by atoms with van der Waals surface area (Å²) in [5.41, 5.74) is 2.17. The molecule has 3 rings (SSSR count). The molecule has 2 aliphatic heterocycles. The van der Waals surface area contributed by atoms with E-state index in [2.05, 4.69) is 68.0 Å². The van der Waals surface area contributed by atoms with Gasteiger partial charge in [0.2, 0.25) is 0 Å². The molecule has 0 aromatic heterocycles. The molecule has 19 heavy (non-hydrogen) atoms. The minimum atomic E-state index is 0.282. The molecule has 2 heteroatoms. The quantitative estimate of drug-likeness (QED) is 0.764. The topological polar surface area (TPSA) is 6.48 Å². The summed E-state index contributed by atoms with van der Waals surface area (Å²) >= 11 is 0. The summed E-state index contributed by atoms with van der Waals surface area (Å²) in [7, 11) is 2.27. The van der Waals surface area contributed by atoms with E-state index in [1.807, 2.05) is 0 Å². The molecule has 1 aromatic carbocycles. The third-order valence-electron chi connectivity index (χ3n) is 5.08. The second-order valence-electron chi connectivity index (χ2n) is 7.47. The number of hydrogen-bond acceptors (Lipinski definition) is 2. The van der Waals surface area contributed by atoms with Gasteiger partial charge in [-0.2, -0.15) is 0 Å². The lowest BCUT2D eigenvalue weighted by atomic mass is 9.75. The molecule has 2 atom stereocenters. The van der Waals surface area contributed by atoms with Gasteiger partial charge in [-0.05, 0) is 39.3 Å². The van der Waals surface area contributed by atoms with Gasteiger partial charge >= 0.3 is 0 Å². The number of likely N-dealkylation sites (N-methyl/N-ethyl adjacent to an activating group) is 1. The molecule has 1 aromatic rings. The average Bonchev–Trinajstić information content (AvgIpc) is 2.83. The Kier molecular flexibility index (Phi) is 2.99. The van der Waals surface area contributed by atoms with Crippen LogP contribution in [0.1, 0.15) is 26.3 Å². The molecule has 0 radical (unpaired) electrons. The van der Waals surface area contributed by atoms with Crippen molar-refractivity contribution in [3.05, 3.63) is 35.9 Å². The fourth-order valence-electron chi connectivity index (χ4n) is 4.01. The molecule has 0 spiro atoms. The van der Waals surface area contributed by atoms with Gasteiger partial charge in [0.05, 0.1) is 0 Å². The maximum Gasteiger partial charge on any atom is 0.0260 e. The van der Waals surface area contributed by atoms with E-state index in [9.17, 15) is 0 Å². The van der Waals surface area contributed by atoms with Gasteiger partial charge in [0, 0.05) is 37.1 Å². The molecule has 104 valence electrons. The van der Waals surface area contributed by atoms with Crippen LogP contribution in [0, 0.1) is 5.92 Å². The zero-order valence-corrected chi connectivity index (χ0v) is 12.7. The van der Waals surface area contributed by atoms with Crippen LogP contribution >= 0.6 is 0 Å². The van der Waals surface area contributed by atoms with Crippen molar-refractivity contribution >= 4 is 0 Å². The summed E-state index contributed by atoms with van der Waals surface area (Å²) in [6.45, 7) is 11.9. The molecular formula is C17H26N2. The highest BCUT2D eigenvalue weighted by atomic mass is 15.3. The number of hydrogen-bond donors (Lipinski definition) is 0. The Balaban J connectivity index is 1.97. The van der Waals surface area contributed by atoms with E-state index < -0.39 is 0 Å². The molecule has 2 heterocycles. The lowest BCUT2D eigenvalue weighted by Crippen LogP contribution is -2.44. The number of fused-ring (bicyclic) bond motifs is 1. The Morgan fingerprint density at radius 3 is 2.37 bits per heavy atom. The van der Waals surface area contributed by atoms with Crippen molar-refractivity contribution in [3.63, 3.8) is 0 Å². The lowest BCUT2D eigenvalue weighted by molar-refractivity contribution is 0.149. The standard InChI is InChI=1S/C17H26N2/c1-16(2,3)19-11-15-10-18(4)12-17(15,13-19)14-8-6-5-7-9-14/h5-9,15H,10-13H2,1-4H3/t15-,17+/m1/s1. The van der Waals surface area contributed by atoms with Gasteiger partial charge in [-0.1, -0.05) is 30.3 Å². The van der Waals surface area contributed by atoms with Crippen molar-refractivity contribution in [2.24, 2.45) is 5.92 Å². The molecule has 2 saturated heterocycles. The number of likely N-dealkylation sites (tertiary alicyclic amines) is 2. The molecule has 0 N–H and O–H groups in total. The molecule has 2 nitrogen and oxygen atoms in total. The number of benzene rings is 1. The average molecular weight is 258 g/mol. The molecule has 2 aliphatic rings. The van der Waals surface area contributed by atoms with E-state index in [0.29, 0.717) is 5.41 Å². The van der Waals surface area contributed by atoms with Crippen LogP contribution in [0.15, 0.2) is 30.3 Å². The maximum absolute atomic E-state index is 2.68. The maximum atomic E-state index is 2.68. The lowest BCUT2D eigenvalue weighted by Gasteiger charge is -2.35. The number of rotatable bonds is 1. The molecule has 0 amide bonds. The molecule has 2 fully saturated rings. The summed E-state index contributed by atoms with van der Waals surface area (Å²) in [5, 5.41) is 0. The van der Waals surface area contributed by atoms with Crippen molar-refractivity contribution in [1.82, 2.24) is 9.80 Å². The highest BCUT2D eigenvalue weighted by Crippen LogP contribution is 2.46. The fraction of sp³-hybridized carbons (Fsp3) is 0.647. The smallest absolute Gasteiger partial charge is 0.0260 e. The highest BCUT2D eigenvalue weighted by molar-refractivity contribution is 5.32. The van der Waals surface area contributed by atoms with Crippen LogP contribution in [-0.2, 0) is 5.41 Å². The summed E-state index contributed by atoms with van der Waals surface area (Å²) in [6.07, 6.45) is 0. The van der Waals surface area contributed by atoms with E-state index in [1.165, 1.54) is 31.7 Å². The van der Waals surface area contributed by atoms with E-state index in [4.69, 9.17) is 0 Å². The van der Waals surface area contributed by atoms with E-state index >= 15 is 0 Å². The van der Waals surface area contributed by atoms with E-state index in [-0.39, 0.29) is 5.54 Å². The summed E-state index contributed by atoms with van der Waals surface area (Å²) in [6, 6.07) is 11.2. The highest BCUT2D eigenvalue weighted by Gasteiger charge is 2.53. The monoisotopic (exact) mass is 258 g/mol. The minimum Gasteiger partial charge on any atom is -0.305 e. The zero-order chi connectivity index (χ0) is 13.7. The first-order valence-corrected chi connectivity index (χ1v) is 7.41. The second-order valence-corrected chi connectivity index (χ2v) is 7.47. The van der Waals surface area contributed by atoms with Crippen molar-refractivity contribution in [3.8, 4) is 0 Å². The Bertz CT molecular complexity index is 448. The van der Waals surface area contributed by atoms with Gasteiger partial charge in [0.25, 0.3) is 0 Å². The summed E-state index contributed by atoms with van der Waals surface area (Å²) in [5.74, 6) is 0.777. The molecule has 0 bridgehead atoms. The Hall–Kier alpha value is -0.860. The predicted octanol–water partition coefficient (Wildman–Crippen LogP) is 2.60. The van der Waals surface area contributed by atoms with Crippen LogP contribution in [0.2, 0.25) is 0 Å². The van der Waals surface area contributed by atoms with E-state index in [0.717, 1.165) is 5.92 Å². The zero-order valence-electron chi connectivity index (χ0n) is 12.7. The minimum absolute atomic E-state index is 0.282. The normalized spacial score (nSPS) is 32.7. The van der Waals surface area contributed by atoms with E-state index in [1.54, 1.807) is 0 Å². The molecule has 0 unspecified atom stereocenters. The fourth-order valence-corrected chi connectivity index (χ4v) is 4.01. The van der Waals surface area contributed by atoms with Crippen LogP contribution in [0.4, 0.5) is 0 Å². The van der Waals surface area contributed by atoms with Gasteiger partial charge in [-0.15, -0.1) is 0 Å². The van der Waals surface area contributed by atoms with Crippen LogP contribution in [0.5, 0.6) is 0 Å². The summed E-state index contributed by atoms with van der Waals surface area (Å²) < 4.78 is 0. The molecular weight excluding hydrogens is 232 g/mol. The SMILES string of the molecule is CN1C[C@@H]2CN(C(C)(C)C)C[C@]2(c2ccccc2)C1. The van der Waals surface area contributed by atoms with Gasteiger partial charge in [0.1, 0.15) is 0 Å². The van der Waals surface area contributed by atoms with Crippen LogP contribution in [0.25, 0.3) is 0 Å². The van der Waals surface area contributed by atoms with Gasteiger partial charge in [-0.3, -0.25) is 4.90 Å². The van der Waals surface area contributed by atoms with Gasteiger partial charge < -0.3 is 4.90 Å². The van der Waals surface area contributed by atoms with Crippen molar-refractivity contribution in [1.29, 1.82) is 0 Å². The molecule has 0 aliphatic carbocycles. The third-order valence-corrected chi connectivity index (χ3v) is 5.08. The van der Waals surface area contributed by atoms with Crippen LogP contribution < -0.4 is 0 Å². The Labute approximate surface area is 117 Å². The van der Waals surface area contributed by atoms with Crippen LogP contribution in [0.3, 0.4) is 0 Å². The van der Waals surface area contributed by atoms with Crippen molar-refractivity contribution in [2.75, 3.05) is 33.2 Å². The Morgan fingerprint density at radius 2 is 1.74 bits per heavy atom. The number of nitrogens with zero attached hydrogens (tertiary/aromatic N) is 2. The largest absolute Gasteiger partial charge is 0.305 e. The first kappa shape index (κ1) is 13.1. The first-order valence-electron chi connectivity index (χ1n) is 7.41. The summed E-state index contributed by atoms with van der Waals surface area (Å²) in [4.78, 5) is 5.19. The third kappa shape index (κ3) is 2.11. The first-order chi connectivity index (χ1) is 8.92. The van der Waals surface area contributed by atoms with Gasteiger partial charge in [0.15, 0.2) is 0 Å². The predicted molar refractivity (Wildman–Crippen MR) is 80.4 cm³/mol. The van der Waals surface area contributed by atoms with Crippen molar-refractivity contribution in [2.45, 2.75) is 31.7 Å². The van der Waals surface area contributed by atoms with Crippen molar-refractivity contribution < 1.29 is 0 Å².